The second-order valence-corrected chi connectivity index (χ2v) is 7.70. The van der Waals surface area contributed by atoms with Crippen molar-refractivity contribution in [3.63, 3.8) is 0 Å². The summed E-state index contributed by atoms with van der Waals surface area (Å²) in [6.07, 6.45) is 7.16. The van der Waals surface area contributed by atoms with Crippen LogP contribution < -0.4 is 0 Å². The number of likely N-dealkylation sites (tertiary alicyclic amines) is 1. The molecule has 7 heteroatoms. The normalized spacial score (nSPS) is 20.6. The van der Waals surface area contributed by atoms with Crippen LogP contribution in [0.15, 0.2) is 6.20 Å². The minimum atomic E-state index is -0.00908. The SMILES string of the molecule is CCc1[nH]nc(C(=O)N2CCc3nc(C4CCCCN4C)ncc3C2)c1C. The fourth-order valence-corrected chi connectivity index (χ4v) is 4.20. The number of hydrogen-bond acceptors (Lipinski definition) is 5. The molecule has 4 heterocycles. The van der Waals surface area contributed by atoms with Gasteiger partial charge in [0.15, 0.2) is 5.69 Å². The van der Waals surface area contributed by atoms with Gasteiger partial charge in [-0.3, -0.25) is 14.8 Å². The highest BCUT2D eigenvalue weighted by Gasteiger charge is 2.28. The second kappa shape index (κ2) is 7.38. The van der Waals surface area contributed by atoms with Gasteiger partial charge in [-0.1, -0.05) is 13.3 Å². The monoisotopic (exact) mass is 368 g/mol. The van der Waals surface area contributed by atoms with Crippen LogP contribution in [-0.4, -0.2) is 56.0 Å². The predicted octanol–water partition coefficient (Wildman–Crippen LogP) is 2.43. The molecule has 144 valence electrons. The molecule has 1 amide bonds. The number of nitrogens with one attached hydrogen (secondary N) is 1. The molecule has 2 aromatic heterocycles. The Bertz CT molecular complexity index is 845. The van der Waals surface area contributed by atoms with Crippen LogP contribution in [0.25, 0.3) is 0 Å². The van der Waals surface area contributed by atoms with E-state index in [1.807, 2.05) is 18.0 Å². The van der Waals surface area contributed by atoms with E-state index >= 15 is 0 Å². The molecule has 1 unspecified atom stereocenters. The predicted molar refractivity (Wildman–Crippen MR) is 102 cm³/mol. The van der Waals surface area contributed by atoms with Crippen LogP contribution in [0.2, 0.25) is 0 Å². The van der Waals surface area contributed by atoms with Gasteiger partial charge in [-0.2, -0.15) is 5.10 Å². The van der Waals surface area contributed by atoms with Crippen LogP contribution in [-0.2, 0) is 19.4 Å². The summed E-state index contributed by atoms with van der Waals surface area (Å²) in [5.41, 5.74) is 4.67. The van der Waals surface area contributed by atoms with Gasteiger partial charge in [0.1, 0.15) is 5.82 Å². The Morgan fingerprint density at radius 1 is 1.33 bits per heavy atom. The van der Waals surface area contributed by atoms with E-state index in [0.717, 1.165) is 54.1 Å². The molecule has 7 nitrogen and oxygen atoms in total. The van der Waals surface area contributed by atoms with Gasteiger partial charge in [0.2, 0.25) is 0 Å². The minimum absolute atomic E-state index is 0.00908. The average Bonchev–Trinajstić information content (AvgIpc) is 3.07. The molecule has 4 rings (SSSR count). The summed E-state index contributed by atoms with van der Waals surface area (Å²) >= 11 is 0. The Labute approximate surface area is 160 Å². The molecule has 2 aromatic rings. The molecule has 2 aliphatic rings. The molecular formula is C20H28N6O. The molecule has 0 aliphatic carbocycles. The molecule has 0 bridgehead atoms. The zero-order chi connectivity index (χ0) is 19.0. The number of amides is 1. The molecule has 0 spiro atoms. The number of piperidine rings is 1. The van der Waals surface area contributed by atoms with E-state index in [2.05, 4.69) is 34.1 Å². The van der Waals surface area contributed by atoms with E-state index in [9.17, 15) is 4.79 Å². The first kappa shape index (κ1) is 18.1. The molecular weight excluding hydrogens is 340 g/mol. The van der Waals surface area contributed by atoms with E-state index in [0.29, 0.717) is 24.8 Å². The molecule has 0 radical (unpaired) electrons. The van der Waals surface area contributed by atoms with Crippen molar-refractivity contribution in [3.8, 4) is 0 Å². The summed E-state index contributed by atoms with van der Waals surface area (Å²) in [7, 11) is 2.16. The van der Waals surface area contributed by atoms with Gasteiger partial charge in [-0.15, -0.1) is 0 Å². The molecule has 0 aromatic carbocycles. The molecule has 1 N–H and O–H groups in total. The maximum absolute atomic E-state index is 12.9. The zero-order valence-corrected chi connectivity index (χ0v) is 16.5. The average molecular weight is 368 g/mol. The van der Waals surface area contributed by atoms with Crippen LogP contribution in [0, 0.1) is 6.92 Å². The number of H-pyrrole nitrogens is 1. The quantitative estimate of drug-likeness (QED) is 0.900. The van der Waals surface area contributed by atoms with Crippen molar-refractivity contribution in [2.45, 2.75) is 58.5 Å². The third-order valence-corrected chi connectivity index (χ3v) is 5.97. The lowest BCUT2D eigenvalue weighted by atomic mass is 10.0. The third kappa shape index (κ3) is 3.36. The van der Waals surface area contributed by atoms with E-state index in [1.165, 1.54) is 12.8 Å². The van der Waals surface area contributed by atoms with Gasteiger partial charge in [-0.05, 0) is 39.8 Å². The maximum Gasteiger partial charge on any atom is 0.274 e. The topological polar surface area (TPSA) is 78.0 Å². The Hall–Kier alpha value is -2.28. The van der Waals surface area contributed by atoms with E-state index in [-0.39, 0.29) is 5.91 Å². The number of fused-ring (bicyclic) bond motifs is 1. The lowest BCUT2D eigenvalue weighted by Crippen LogP contribution is -2.37. The fourth-order valence-electron chi connectivity index (χ4n) is 4.20. The van der Waals surface area contributed by atoms with Gasteiger partial charge in [0, 0.05) is 42.5 Å². The van der Waals surface area contributed by atoms with Crippen LogP contribution in [0.4, 0.5) is 0 Å². The summed E-state index contributed by atoms with van der Waals surface area (Å²) < 4.78 is 0. The molecule has 1 fully saturated rings. The lowest BCUT2D eigenvalue weighted by molar-refractivity contribution is 0.0726. The van der Waals surface area contributed by atoms with Crippen molar-refractivity contribution in [2.75, 3.05) is 20.1 Å². The summed E-state index contributed by atoms with van der Waals surface area (Å²) in [6, 6.07) is 0.322. The Balaban J connectivity index is 1.51. The second-order valence-electron chi connectivity index (χ2n) is 7.70. The molecule has 1 atom stereocenters. The first-order valence-electron chi connectivity index (χ1n) is 9.96. The molecule has 1 saturated heterocycles. The van der Waals surface area contributed by atoms with E-state index in [4.69, 9.17) is 4.98 Å². The van der Waals surface area contributed by atoms with Crippen LogP contribution in [0.3, 0.4) is 0 Å². The Morgan fingerprint density at radius 3 is 2.93 bits per heavy atom. The maximum atomic E-state index is 12.9. The van der Waals surface area contributed by atoms with Crippen molar-refractivity contribution in [3.05, 3.63) is 40.2 Å². The van der Waals surface area contributed by atoms with Crippen molar-refractivity contribution in [2.24, 2.45) is 0 Å². The zero-order valence-electron chi connectivity index (χ0n) is 16.5. The van der Waals surface area contributed by atoms with Gasteiger partial charge in [-0.25, -0.2) is 9.97 Å². The summed E-state index contributed by atoms with van der Waals surface area (Å²) in [5, 5.41) is 7.23. The van der Waals surface area contributed by atoms with Gasteiger partial charge in [0.05, 0.1) is 11.7 Å². The van der Waals surface area contributed by atoms with Gasteiger partial charge >= 0.3 is 0 Å². The van der Waals surface area contributed by atoms with Gasteiger partial charge < -0.3 is 4.90 Å². The van der Waals surface area contributed by atoms with Crippen LogP contribution in [0.5, 0.6) is 0 Å². The summed E-state index contributed by atoms with van der Waals surface area (Å²) in [6.45, 7) is 6.36. The standard InChI is InChI=1S/C20H28N6O/c1-4-15-13(2)18(24-23-15)20(27)26-10-8-16-14(12-26)11-21-19(22-16)17-7-5-6-9-25(17)3/h11,17H,4-10,12H2,1-3H3,(H,23,24). The van der Waals surface area contributed by atoms with Gasteiger partial charge in [0.25, 0.3) is 5.91 Å². The molecule has 0 saturated carbocycles. The Morgan fingerprint density at radius 2 is 2.19 bits per heavy atom. The number of aromatic nitrogens is 4. The number of hydrogen-bond donors (Lipinski definition) is 1. The fraction of sp³-hybridized carbons (Fsp3) is 0.600. The van der Waals surface area contributed by atoms with Crippen LogP contribution in [0.1, 0.15) is 71.1 Å². The number of aromatic amines is 1. The number of carbonyl (C=O) groups excluding carboxylic acids is 1. The summed E-state index contributed by atoms with van der Waals surface area (Å²) in [4.78, 5) is 26.7. The number of aryl methyl sites for hydroxylation is 1. The highest BCUT2D eigenvalue weighted by atomic mass is 16.2. The van der Waals surface area contributed by atoms with Crippen LogP contribution >= 0.6 is 0 Å². The Kier molecular flexibility index (Phi) is 4.95. The number of rotatable bonds is 3. The number of carbonyl (C=O) groups is 1. The number of nitrogens with zero attached hydrogens (tertiary/aromatic N) is 5. The first-order chi connectivity index (χ1) is 13.1. The van der Waals surface area contributed by atoms with Crippen molar-refractivity contribution in [1.29, 1.82) is 0 Å². The van der Waals surface area contributed by atoms with E-state index in [1.54, 1.807) is 0 Å². The third-order valence-electron chi connectivity index (χ3n) is 5.97. The molecule has 27 heavy (non-hydrogen) atoms. The highest BCUT2D eigenvalue weighted by Crippen LogP contribution is 2.28. The van der Waals surface area contributed by atoms with Crippen molar-refractivity contribution in [1.82, 2.24) is 30.0 Å². The van der Waals surface area contributed by atoms with Crippen molar-refractivity contribution < 1.29 is 4.79 Å². The lowest BCUT2D eigenvalue weighted by Gasteiger charge is -2.32. The largest absolute Gasteiger partial charge is 0.332 e. The van der Waals surface area contributed by atoms with Crippen molar-refractivity contribution >= 4 is 5.91 Å². The molecule has 2 aliphatic heterocycles. The smallest absolute Gasteiger partial charge is 0.274 e. The summed E-state index contributed by atoms with van der Waals surface area (Å²) in [5.74, 6) is 0.927. The first-order valence-corrected chi connectivity index (χ1v) is 9.96. The minimum Gasteiger partial charge on any atom is -0.332 e. The highest BCUT2D eigenvalue weighted by molar-refractivity contribution is 5.94. The van der Waals surface area contributed by atoms with E-state index < -0.39 is 0 Å².